The molecule has 33 heavy (non-hydrogen) atoms. The van der Waals surface area contributed by atoms with E-state index in [-0.39, 0.29) is 30.9 Å². The molecule has 2 heterocycles. The molecule has 10 heteroatoms. The van der Waals surface area contributed by atoms with Gasteiger partial charge in [-0.25, -0.2) is 0 Å². The molecule has 0 saturated carbocycles. The first-order valence-corrected chi connectivity index (χ1v) is 11.0. The fourth-order valence-corrected chi connectivity index (χ4v) is 3.66. The molecular weight excluding hydrogens is 432 g/mol. The van der Waals surface area contributed by atoms with Gasteiger partial charge in [0.2, 0.25) is 11.8 Å². The van der Waals surface area contributed by atoms with Crippen LogP contribution in [-0.4, -0.2) is 74.3 Å². The van der Waals surface area contributed by atoms with Crippen LogP contribution in [0, 0.1) is 6.92 Å². The second kappa shape index (κ2) is 12.4. The lowest BCUT2D eigenvalue weighted by atomic mass is 10.0. The van der Waals surface area contributed by atoms with Gasteiger partial charge in [0.1, 0.15) is 18.4 Å². The van der Waals surface area contributed by atoms with Crippen LogP contribution in [0.2, 0.25) is 0 Å². The zero-order valence-corrected chi connectivity index (χ0v) is 18.7. The van der Waals surface area contributed by atoms with E-state index in [0.717, 1.165) is 10.9 Å². The standard InChI is InChI=1S/C23H30N2O8/c1-16-14-22(28)25(19-4-5-21(27)24-23(19)29)20-15-17(2-3-18(16)20)33-13-12-32-11-10-31-9-8-30-7-6-26/h2-3,14-15,19,26H,4-13H2,1H3,(H,24,27,29). The van der Waals surface area contributed by atoms with Crippen molar-refractivity contribution in [2.24, 2.45) is 0 Å². The van der Waals surface area contributed by atoms with Gasteiger partial charge in [0.15, 0.2) is 0 Å². The summed E-state index contributed by atoms with van der Waals surface area (Å²) < 4.78 is 23.1. The molecule has 2 N–H and O–H groups in total. The van der Waals surface area contributed by atoms with E-state index in [1.54, 1.807) is 6.07 Å². The number of carbonyl (C=O) groups is 2. The number of ether oxygens (including phenoxy) is 4. The lowest BCUT2D eigenvalue weighted by Crippen LogP contribution is -2.44. The fourth-order valence-electron chi connectivity index (χ4n) is 3.66. The van der Waals surface area contributed by atoms with Crippen molar-refractivity contribution in [2.75, 3.05) is 52.9 Å². The molecule has 1 saturated heterocycles. The van der Waals surface area contributed by atoms with Gasteiger partial charge in [0.25, 0.3) is 5.56 Å². The van der Waals surface area contributed by atoms with Crippen LogP contribution in [-0.2, 0) is 23.8 Å². The second-order valence-electron chi connectivity index (χ2n) is 7.59. The predicted molar refractivity (Wildman–Crippen MR) is 119 cm³/mol. The number of nitrogens with one attached hydrogen (secondary N) is 1. The Labute approximate surface area is 191 Å². The molecule has 1 aliphatic heterocycles. The Kier molecular flexibility index (Phi) is 9.37. The van der Waals surface area contributed by atoms with E-state index in [1.807, 2.05) is 19.1 Å². The number of rotatable bonds is 13. The quantitative estimate of drug-likeness (QED) is 0.329. The van der Waals surface area contributed by atoms with Gasteiger partial charge in [-0.2, -0.15) is 0 Å². The lowest BCUT2D eigenvalue weighted by molar-refractivity contribution is -0.135. The number of imide groups is 1. The molecule has 3 rings (SSSR count). The van der Waals surface area contributed by atoms with E-state index < -0.39 is 11.9 Å². The molecule has 1 aliphatic rings. The third-order valence-corrected chi connectivity index (χ3v) is 5.23. The molecule has 2 aromatic rings. The van der Waals surface area contributed by atoms with E-state index in [2.05, 4.69) is 5.32 Å². The van der Waals surface area contributed by atoms with Crippen molar-refractivity contribution < 1.29 is 33.6 Å². The van der Waals surface area contributed by atoms with Gasteiger partial charge in [-0.3, -0.25) is 24.3 Å². The average molecular weight is 462 g/mol. The number of nitrogens with zero attached hydrogens (tertiary/aromatic N) is 1. The van der Waals surface area contributed by atoms with Crippen LogP contribution in [0.4, 0.5) is 0 Å². The van der Waals surface area contributed by atoms with Crippen LogP contribution in [0.3, 0.4) is 0 Å². The van der Waals surface area contributed by atoms with Crippen molar-refractivity contribution >= 4 is 22.7 Å². The average Bonchev–Trinajstić information content (AvgIpc) is 2.78. The van der Waals surface area contributed by atoms with Crippen molar-refractivity contribution in [3.05, 3.63) is 40.2 Å². The normalized spacial score (nSPS) is 16.2. The van der Waals surface area contributed by atoms with Crippen molar-refractivity contribution in [3.63, 3.8) is 0 Å². The Morgan fingerprint density at radius 1 is 0.970 bits per heavy atom. The molecule has 0 aliphatic carbocycles. The zero-order chi connectivity index (χ0) is 23.6. The number of aryl methyl sites for hydroxylation is 1. The third kappa shape index (κ3) is 6.84. The summed E-state index contributed by atoms with van der Waals surface area (Å²) in [4.78, 5) is 36.7. The molecular formula is C23H30N2O8. The highest BCUT2D eigenvalue weighted by Gasteiger charge is 2.30. The Hall–Kier alpha value is -2.79. The maximum absolute atomic E-state index is 12.8. The number of carbonyl (C=O) groups excluding carboxylic acids is 2. The van der Waals surface area contributed by atoms with Crippen molar-refractivity contribution in [2.45, 2.75) is 25.8 Å². The molecule has 0 bridgehead atoms. The van der Waals surface area contributed by atoms with Gasteiger partial charge in [-0.1, -0.05) is 0 Å². The highest BCUT2D eigenvalue weighted by molar-refractivity contribution is 6.00. The Balaban J connectivity index is 1.56. The van der Waals surface area contributed by atoms with Crippen molar-refractivity contribution in [3.8, 4) is 5.75 Å². The topological polar surface area (TPSA) is 125 Å². The minimum absolute atomic E-state index is 0.00506. The molecule has 180 valence electrons. The summed E-state index contributed by atoms with van der Waals surface area (Å²) in [6, 6.07) is 6.16. The number of benzene rings is 1. The number of pyridine rings is 1. The molecule has 10 nitrogen and oxygen atoms in total. The summed E-state index contributed by atoms with van der Waals surface area (Å²) in [6.07, 6.45) is 0.461. The number of aromatic nitrogens is 1. The fraction of sp³-hybridized carbons (Fsp3) is 0.522. The molecule has 1 aromatic carbocycles. The first-order valence-electron chi connectivity index (χ1n) is 11.0. The Bertz CT molecular complexity index is 1020. The van der Waals surface area contributed by atoms with Gasteiger partial charge in [0, 0.05) is 23.9 Å². The number of fused-ring (bicyclic) bond motifs is 1. The summed E-state index contributed by atoms with van der Waals surface area (Å²) in [5, 5.41) is 11.7. The van der Waals surface area contributed by atoms with E-state index in [9.17, 15) is 14.4 Å². The molecule has 1 unspecified atom stereocenters. The molecule has 1 atom stereocenters. The monoisotopic (exact) mass is 462 g/mol. The summed E-state index contributed by atoms with van der Waals surface area (Å²) >= 11 is 0. The van der Waals surface area contributed by atoms with E-state index in [0.29, 0.717) is 57.5 Å². The molecule has 0 spiro atoms. The maximum Gasteiger partial charge on any atom is 0.252 e. The van der Waals surface area contributed by atoms with Gasteiger partial charge in [-0.05, 0) is 31.0 Å². The van der Waals surface area contributed by atoms with Crippen molar-refractivity contribution in [1.29, 1.82) is 0 Å². The summed E-state index contributed by atoms with van der Waals surface area (Å²) in [5.41, 5.74) is 1.09. The lowest BCUT2D eigenvalue weighted by Gasteiger charge is -2.25. The van der Waals surface area contributed by atoms with Crippen LogP contribution < -0.4 is 15.6 Å². The van der Waals surface area contributed by atoms with Crippen LogP contribution in [0.1, 0.15) is 24.4 Å². The molecule has 2 amide bonds. The molecule has 1 fully saturated rings. The minimum atomic E-state index is -0.745. The van der Waals surface area contributed by atoms with Gasteiger partial charge < -0.3 is 24.1 Å². The summed E-state index contributed by atoms with van der Waals surface area (Å²) in [7, 11) is 0. The van der Waals surface area contributed by atoms with Crippen LogP contribution in [0.25, 0.3) is 10.9 Å². The van der Waals surface area contributed by atoms with E-state index >= 15 is 0 Å². The second-order valence-corrected chi connectivity index (χ2v) is 7.59. The van der Waals surface area contributed by atoms with Crippen LogP contribution in [0.15, 0.2) is 29.1 Å². The number of hydrogen-bond donors (Lipinski definition) is 2. The molecule has 1 aromatic heterocycles. The van der Waals surface area contributed by atoms with Crippen LogP contribution >= 0.6 is 0 Å². The van der Waals surface area contributed by atoms with E-state index in [4.69, 9.17) is 24.1 Å². The van der Waals surface area contributed by atoms with Gasteiger partial charge >= 0.3 is 0 Å². The summed E-state index contributed by atoms with van der Waals surface area (Å²) in [5.74, 6) is -0.250. The SMILES string of the molecule is Cc1cc(=O)n(C2CCC(=O)NC2=O)c2cc(OCCOCCOCCOCCO)ccc12. The first-order chi connectivity index (χ1) is 16.0. The molecule has 0 radical (unpaired) electrons. The number of aliphatic hydroxyl groups is 1. The minimum Gasteiger partial charge on any atom is -0.491 e. The van der Waals surface area contributed by atoms with Crippen molar-refractivity contribution in [1.82, 2.24) is 9.88 Å². The number of aliphatic hydroxyl groups excluding tert-OH is 1. The third-order valence-electron chi connectivity index (χ3n) is 5.23. The van der Waals surface area contributed by atoms with Crippen LogP contribution in [0.5, 0.6) is 5.75 Å². The van der Waals surface area contributed by atoms with Gasteiger partial charge in [-0.15, -0.1) is 0 Å². The summed E-state index contributed by atoms with van der Waals surface area (Å²) in [6.45, 7) is 4.50. The largest absolute Gasteiger partial charge is 0.491 e. The van der Waals surface area contributed by atoms with E-state index in [1.165, 1.54) is 10.6 Å². The zero-order valence-electron chi connectivity index (χ0n) is 18.7. The van der Waals surface area contributed by atoms with Gasteiger partial charge in [0.05, 0.1) is 51.8 Å². The smallest absolute Gasteiger partial charge is 0.252 e. The number of hydrogen-bond acceptors (Lipinski definition) is 8. The predicted octanol–water partition coefficient (Wildman–Crippen LogP) is 0.709. The first kappa shape index (κ1) is 24.8. The maximum atomic E-state index is 12.8. The Morgan fingerprint density at radius 2 is 1.64 bits per heavy atom. The Morgan fingerprint density at radius 3 is 2.30 bits per heavy atom. The highest BCUT2D eigenvalue weighted by atomic mass is 16.6. The number of amides is 2. The highest BCUT2D eigenvalue weighted by Crippen LogP contribution is 2.27. The number of piperidine rings is 1.